The first kappa shape index (κ1) is 26.9. The van der Waals surface area contributed by atoms with Gasteiger partial charge in [-0.2, -0.15) is 10.2 Å². The van der Waals surface area contributed by atoms with E-state index in [2.05, 4.69) is 10.3 Å². The minimum absolute atomic E-state index is 0.0163. The number of aromatic nitrogens is 4. The predicted octanol–water partition coefficient (Wildman–Crippen LogP) is 4.45. The maximum absolute atomic E-state index is 13.6. The van der Waals surface area contributed by atoms with Crippen LogP contribution in [0.2, 0.25) is 0 Å². The van der Waals surface area contributed by atoms with Crippen molar-refractivity contribution in [1.29, 1.82) is 5.26 Å². The predicted molar refractivity (Wildman–Crippen MR) is 155 cm³/mol. The molecule has 0 unspecified atom stereocenters. The molecule has 10 heteroatoms. The summed E-state index contributed by atoms with van der Waals surface area (Å²) in [7, 11) is 1.69. The molecule has 1 amide bonds. The zero-order chi connectivity index (χ0) is 29.3. The van der Waals surface area contributed by atoms with Gasteiger partial charge < -0.3 is 10.1 Å². The monoisotopic (exact) mass is 546 g/mol. The minimum Gasteiger partial charge on any atom is -0.438 e. The number of carbonyl (C=O) groups excluding carboxylic acids is 1. The molecule has 0 spiro atoms. The van der Waals surface area contributed by atoms with Crippen molar-refractivity contribution in [3.05, 3.63) is 122 Å². The van der Waals surface area contributed by atoms with E-state index in [-0.39, 0.29) is 17.1 Å². The van der Waals surface area contributed by atoms with Crippen LogP contribution in [-0.4, -0.2) is 24.7 Å². The van der Waals surface area contributed by atoms with Crippen molar-refractivity contribution in [2.24, 2.45) is 7.05 Å². The van der Waals surface area contributed by atoms with Crippen LogP contribution in [0.4, 0.5) is 5.69 Å². The molecular formula is C31H26N6O4. The van der Waals surface area contributed by atoms with Crippen molar-refractivity contribution < 1.29 is 9.53 Å². The number of aryl methyl sites for hydroxylation is 2. The summed E-state index contributed by atoms with van der Waals surface area (Å²) in [6, 6.07) is 21.5. The highest BCUT2D eigenvalue weighted by Gasteiger charge is 2.22. The Morgan fingerprint density at radius 2 is 1.68 bits per heavy atom. The molecule has 0 aliphatic carbocycles. The molecule has 204 valence electrons. The summed E-state index contributed by atoms with van der Waals surface area (Å²) < 4.78 is 10.3. The van der Waals surface area contributed by atoms with Gasteiger partial charge in [0, 0.05) is 13.2 Å². The number of anilines is 1. The Morgan fingerprint density at radius 1 is 0.976 bits per heavy atom. The van der Waals surface area contributed by atoms with Gasteiger partial charge in [-0.05, 0) is 62.7 Å². The summed E-state index contributed by atoms with van der Waals surface area (Å²) >= 11 is 0. The normalized spacial score (nSPS) is 11.3. The Balaban J connectivity index is 1.59. The molecule has 0 fully saturated rings. The molecule has 5 rings (SSSR count). The summed E-state index contributed by atoms with van der Waals surface area (Å²) in [6.45, 7) is 5.43. The van der Waals surface area contributed by atoms with Gasteiger partial charge in [-0.1, -0.05) is 42.0 Å². The lowest BCUT2D eigenvalue weighted by molar-refractivity contribution is -0.112. The van der Waals surface area contributed by atoms with Crippen molar-refractivity contribution in [1.82, 2.24) is 18.7 Å². The number of fused-ring (bicyclic) bond motifs is 1. The number of pyridine rings is 1. The van der Waals surface area contributed by atoms with Crippen LogP contribution in [-0.2, 0) is 11.8 Å². The van der Waals surface area contributed by atoms with Gasteiger partial charge in [0.05, 0.1) is 11.4 Å². The highest BCUT2D eigenvalue weighted by Crippen LogP contribution is 2.25. The highest BCUT2D eigenvalue weighted by atomic mass is 16.5. The van der Waals surface area contributed by atoms with Crippen LogP contribution in [0.1, 0.15) is 22.4 Å². The Morgan fingerprint density at radius 3 is 2.37 bits per heavy atom. The molecule has 0 bridgehead atoms. The van der Waals surface area contributed by atoms with E-state index in [0.29, 0.717) is 22.8 Å². The number of para-hydroxylation sites is 1. The summed E-state index contributed by atoms with van der Waals surface area (Å²) in [5.74, 6) is -0.482. The Labute approximate surface area is 235 Å². The van der Waals surface area contributed by atoms with E-state index in [0.717, 1.165) is 17.2 Å². The van der Waals surface area contributed by atoms with Crippen LogP contribution in [0.25, 0.3) is 17.4 Å². The number of hydrogen-bond acceptors (Lipinski definition) is 6. The van der Waals surface area contributed by atoms with Crippen molar-refractivity contribution in [2.45, 2.75) is 20.8 Å². The lowest BCUT2D eigenvalue weighted by atomic mass is 10.1. The molecule has 2 aromatic carbocycles. The zero-order valence-corrected chi connectivity index (χ0v) is 22.9. The summed E-state index contributed by atoms with van der Waals surface area (Å²) in [6.07, 6.45) is 2.69. The molecule has 3 aromatic heterocycles. The first-order chi connectivity index (χ1) is 19.7. The lowest BCUT2D eigenvalue weighted by Gasteiger charge is -2.11. The molecule has 0 aliphatic heterocycles. The van der Waals surface area contributed by atoms with Crippen molar-refractivity contribution in [3.8, 4) is 23.4 Å². The number of ether oxygens (including phenoxy) is 1. The number of nitriles is 1. The van der Waals surface area contributed by atoms with E-state index < -0.39 is 22.6 Å². The fourth-order valence-electron chi connectivity index (χ4n) is 4.40. The maximum Gasteiger partial charge on any atom is 0.295 e. The second-order valence-electron chi connectivity index (χ2n) is 9.50. The topological polar surface area (TPSA) is 123 Å². The average molecular weight is 547 g/mol. The van der Waals surface area contributed by atoms with Gasteiger partial charge in [0.25, 0.3) is 17.0 Å². The number of benzene rings is 2. The van der Waals surface area contributed by atoms with Crippen LogP contribution >= 0.6 is 0 Å². The molecule has 0 saturated heterocycles. The summed E-state index contributed by atoms with van der Waals surface area (Å²) in [5, 5.41) is 12.5. The van der Waals surface area contributed by atoms with E-state index in [1.54, 1.807) is 67.3 Å². The van der Waals surface area contributed by atoms with E-state index in [4.69, 9.17) is 4.74 Å². The maximum atomic E-state index is 13.6. The number of amides is 1. The van der Waals surface area contributed by atoms with Crippen molar-refractivity contribution in [3.63, 3.8) is 0 Å². The summed E-state index contributed by atoms with van der Waals surface area (Å²) in [5.41, 5.74) is 1.76. The van der Waals surface area contributed by atoms with Crippen LogP contribution in [0.5, 0.6) is 11.6 Å². The third kappa shape index (κ3) is 5.04. The fourth-order valence-corrected chi connectivity index (χ4v) is 4.40. The second-order valence-corrected chi connectivity index (χ2v) is 9.50. The molecule has 1 N–H and O–H groups in total. The standard InChI is InChI=1S/C31H26N6O4/c1-19-12-14-24(15-13-19)41-29-25(30(39)36-16-8-9-20(2)27(36)34-29)17-22(18-32)28(38)33-26-21(3)35(4)37(31(26)40)23-10-6-5-7-11-23/h5-17H,1-4H3,(H,33,38)/b22-17+. The summed E-state index contributed by atoms with van der Waals surface area (Å²) in [4.78, 5) is 44.7. The molecule has 0 atom stereocenters. The second kappa shape index (κ2) is 10.8. The third-order valence-corrected chi connectivity index (χ3v) is 6.73. The van der Waals surface area contributed by atoms with Crippen LogP contribution in [0.15, 0.2) is 88.1 Å². The van der Waals surface area contributed by atoms with Crippen LogP contribution in [0, 0.1) is 32.1 Å². The molecule has 10 nitrogen and oxygen atoms in total. The SMILES string of the molecule is Cc1ccc(Oc2nc3c(C)cccn3c(=O)c2/C=C(\C#N)C(=O)Nc2c(C)n(C)n(-c3ccccc3)c2=O)cc1. The number of rotatable bonds is 6. The first-order valence-electron chi connectivity index (χ1n) is 12.7. The highest BCUT2D eigenvalue weighted by molar-refractivity contribution is 6.10. The Kier molecular flexibility index (Phi) is 7.10. The van der Waals surface area contributed by atoms with Gasteiger partial charge in [0.1, 0.15) is 34.3 Å². The number of carbonyl (C=O) groups is 1. The smallest absolute Gasteiger partial charge is 0.295 e. The average Bonchev–Trinajstić information content (AvgIpc) is 3.18. The van der Waals surface area contributed by atoms with Gasteiger partial charge in [-0.3, -0.25) is 23.5 Å². The van der Waals surface area contributed by atoms with E-state index in [1.165, 1.54) is 9.08 Å². The quantitative estimate of drug-likeness (QED) is 0.248. The molecule has 41 heavy (non-hydrogen) atoms. The molecule has 0 aliphatic rings. The largest absolute Gasteiger partial charge is 0.438 e. The van der Waals surface area contributed by atoms with Crippen molar-refractivity contribution in [2.75, 3.05) is 5.32 Å². The van der Waals surface area contributed by atoms with Crippen LogP contribution < -0.4 is 21.2 Å². The molecular weight excluding hydrogens is 520 g/mol. The molecule has 0 saturated carbocycles. The lowest BCUT2D eigenvalue weighted by Crippen LogP contribution is -2.24. The molecule has 3 heterocycles. The number of nitrogens with zero attached hydrogens (tertiary/aromatic N) is 5. The number of nitrogens with one attached hydrogen (secondary N) is 1. The van der Waals surface area contributed by atoms with Gasteiger partial charge in [-0.25, -0.2) is 4.68 Å². The number of hydrogen-bond donors (Lipinski definition) is 1. The van der Waals surface area contributed by atoms with E-state index in [9.17, 15) is 19.6 Å². The van der Waals surface area contributed by atoms with Gasteiger partial charge in [0.2, 0.25) is 5.88 Å². The van der Waals surface area contributed by atoms with Gasteiger partial charge in [0.15, 0.2) is 0 Å². The zero-order valence-electron chi connectivity index (χ0n) is 22.9. The van der Waals surface area contributed by atoms with Gasteiger partial charge >= 0.3 is 0 Å². The third-order valence-electron chi connectivity index (χ3n) is 6.73. The minimum atomic E-state index is -0.853. The van der Waals surface area contributed by atoms with Crippen molar-refractivity contribution >= 4 is 23.3 Å². The molecule has 5 aromatic rings. The first-order valence-corrected chi connectivity index (χ1v) is 12.7. The van der Waals surface area contributed by atoms with Gasteiger partial charge in [-0.15, -0.1) is 0 Å². The Hall–Kier alpha value is -5.69. The molecule has 0 radical (unpaired) electrons. The van der Waals surface area contributed by atoms with E-state index >= 15 is 0 Å². The van der Waals surface area contributed by atoms with E-state index in [1.807, 2.05) is 44.2 Å². The fraction of sp³-hybridized carbons (Fsp3) is 0.129. The Bertz CT molecular complexity index is 1990. The van der Waals surface area contributed by atoms with Crippen LogP contribution in [0.3, 0.4) is 0 Å².